The van der Waals surface area contributed by atoms with Crippen LogP contribution in [-0.2, 0) is 19.6 Å². The first-order valence-electron chi connectivity index (χ1n) is 10.4. The third kappa shape index (κ3) is 5.92. The minimum atomic E-state index is -0.180. The molecule has 7 heteroatoms. The highest BCUT2D eigenvalue weighted by Gasteiger charge is 2.10. The molecule has 2 aromatic carbocycles. The predicted molar refractivity (Wildman–Crippen MR) is 124 cm³/mol. The second-order valence-electron chi connectivity index (χ2n) is 7.91. The van der Waals surface area contributed by atoms with Gasteiger partial charge in [0.1, 0.15) is 5.82 Å². The first-order valence-corrected chi connectivity index (χ1v) is 10.4. The van der Waals surface area contributed by atoms with Crippen LogP contribution in [0.1, 0.15) is 28.1 Å². The van der Waals surface area contributed by atoms with E-state index in [2.05, 4.69) is 45.8 Å². The van der Waals surface area contributed by atoms with Crippen LogP contribution >= 0.6 is 0 Å². The molecule has 0 atom stereocenters. The molecule has 3 aromatic rings. The summed E-state index contributed by atoms with van der Waals surface area (Å²) in [5.74, 6) is 0.502. The van der Waals surface area contributed by atoms with Gasteiger partial charge < -0.3 is 15.5 Å². The molecule has 6 nitrogen and oxygen atoms in total. The van der Waals surface area contributed by atoms with E-state index in [0.29, 0.717) is 31.2 Å². The van der Waals surface area contributed by atoms with Crippen molar-refractivity contribution in [2.45, 2.75) is 33.5 Å². The Balaban J connectivity index is 1.65. The van der Waals surface area contributed by atoms with Crippen LogP contribution in [0.4, 0.5) is 4.39 Å². The number of aromatic nitrogens is 2. The number of aliphatic imine (C=N–C) groups is 1. The van der Waals surface area contributed by atoms with Crippen LogP contribution in [0.25, 0.3) is 5.69 Å². The van der Waals surface area contributed by atoms with Gasteiger partial charge in [-0.25, -0.2) is 9.07 Å². The van der Waals surface area contributed by atoms with Crippen LogP contribution < -0.4 is 10.6 Å². The molecular formula is C24H31FN6. The van der Waals surface area contributed by atoms with E-state index in [4.69, 9.17) is 0 Å². The highest BCUT2D eigenvalue weighted by Crippen LogP contribution is 2.17. The third-order valence-corrected chi connectivity index (χ3v) is 4.96. The van der Waals surface area contributed by atoms with Gasteiger partial charge in [-0.15, -0.1) is 0 Å². The Morgan fingerprint density at radius 1 is 1.03 bits per heavy atom. The molecule has 0 amide bonds. The summed E-state index contributed by atoms with van der Waals surface area (Å²) in [4.78, 5) is 6.28. The minimum absolute atomic E-state index is 0.180. The summed E-state index contributed by atoms with van der Waals surface area (Å²) < 4.78 is 16.0. The lowest BCUT2D eigenvalue weighted by molar-refractivity contribution is 0.392. The number of nitrogens with zero attached hydrogens (tertiary/aromatic N) is 4. The quantitative estimate of drug-likeness (QED) is 0.452. The van der Waals surface area contributed by atoms with Gasteiger partial charge in [0, 0.05) is 37.9 Å². The van der Waals surface area contributed by atoms with Crippen LogP contribution in [0.15, 0.2) is 53.5 Å². The molecule has 0 radical (unpaired) electrons. The van der Waals surface area contributed by atoms with Crippen molar-refractivity contribution in [1.82, 2.24) is 25.3 Å². The Labute approximate surface area is 183 Å². The summed E-state index contributed by atoms with van der Waals surface area (Å²) in [5, 5.41) is 11.3. The van der Waals surface area contributed by atoms with E-state index >= 15 is 0 Å². The Kier molecular flexibility index (Phi) is 7.41. The van der Waals surface area contributed by atoms with E-state index in [1.165, 1.54) is 6.07 Å². The maximum absolute atomic E-state index is 14.0. The Morgan fingerprint density at radius 3 is 2.45 bits per heavy atom. The number of guanidine groups is 1. The lowest BCUT2D eigenvalue weighted by atomic mass is 10.1. The number of rotatable bonds is 7. The van der Waals surface area contributed by atoms with Crippen molar-refractivity contribution in [3.8, 4) is 5.69 Å². The molecule has 1 heterocycles. The second-order valence-corrected chi connectivity index (χ2v) is 7.91. The molecule has 0 fully saturated rings. The lowest BCUT2D eigenvalue weighted by Gasteiger charge is -2.16. The van der Waals surface area contributed by atoms with Gasteiger partial charge in [-0.2, -0.15) is 5.10 Å². The number of hydrogen-bond donors (Lipinski definition) is 2. The minimum Gasteiger partial charge on any atom is -0.352 e. The molecule has 1 aromatic heterocycles. The predicted octanol–water partition coefficient (Wildman–Crippen LogP) is 3.56. The summed E-state index contributed by atoms with van der Waals surface area (Å²) in [5.41, 5.74) is 5.94. The zero-order chi connectivity index (χ0) is 22.4. The average molecular weight is 423 g/mol. The second kappa shape index (κ2) is 10.2. The molecule has 0 aliphatic heterocycles. The number of aryl methyl sites for hydroxylation is 2. The van der Waals surface area contributed by atoms with Crippen LogP contribution in [0.5, 0.6) is 0 Å². The SMILES string of the molecule is CN=C(NCc1ccc(F)c(CN(C)C)c1)NCc1ccccc1-n1nc(C)cc1C. The van der Waals surface area contributed by atoms with Crippen LogP contribution in [0.3, 0.4) is 0 Å². The van der Waals surface area contributed by atoms with E-state index in [9.17, 15) is 4.39 Å². The van der Waals surface area contributed by atoms with E-state index in [1.807, 2.05) is 48.8 Å². The van der Waals surface area contributed by atoms with E-state index < -0.39 is 0 Å². The number of nitrogens with one attached hydrogen (secondary N) is 2. The van der Waals surface area contributed by atoms with Crippen molar-refractivity contribution in [3.05, 3.63) is 82.4 Å². The molecular weight excluding hydrogens is 391 g/mol. The smallest absolute Gasteiger partial charge is 0.191 e. The highest BCUT2D eigenvalue weighted by atomic mass is 19.1. The van der Waals surface area contributed by atoms with Gasteiger partial charge >= 0.3 is 0 Å². The first-order chi connectivity index (χ1) is 14.9. The monoisotopic (exact) mass is 422 g/mol. The van der Waals surface area contributed by atoms with Crippen LogP contribution in [0, 0.1) is 19.7 Å². The Hall–Kier alpha value is -3.19. The summed E-state index contributed by atoms with van der Waals surface area (Å²) in [6, 6.07) is 15.5. The van der Waals surface area contributed by atoms with Gasteiger partial charge in [0.2, 0.25) is 0 Å². The van der Waals surface area contributed by atoms with E-state index in [-0.39, 0.29) is 5.82 Å². The van der Waals surface area contributed by atoms with E-state index in [0.717, 1.165) is 28.2 Å². The summed E-state index contributed by atoms with van der Waals surface area (Å²) in [6.07, 6.45) is 0. The summed E-state index contributed by atoms with van der Waals surface area (Å²) in [6.45, 7) is 5.77. The van der Waals surface area contributed by atoms with Crippen molar-refractivity contribution in [2.24, 2.45) is 4.99 Å². The molecule has 2 N–H and O–H groups in total. The zero-order valence-electron chi connectivity index (χ0n) is 18.9. The first kappa shape index (κ1) is 22.5. The van der Waals surface area contributed by atoms with Crippen molar-refractivity contribution in [3.63, 3.8) is 0 Å². The molecule has 0 bridgehead atoms. The van der Waals surface area contributed by atoms with Crippen LogP contribution in [-0.4, -0.2) is 41.8 Å². The third-order valence-electron chi connectivity index (χ3n) is 4.96. The number of benzene rings is 2. The van der Waals surface area contributed by atoms with Crippen molar-refractivity contribution < 1.29 is 4.39 Å². The van der Waals surface area contributed by atoms with Gasteiger partial charge in [0.05, 0.1) is 11.4 Å². The maximum atomic E-state index is 14.0. The molecule has 0 aliphatic rings. The number of halogens is 1. The molecule has 0 spiro atoms. The number of para-hydroxylation sites is 1. The molecule has 0 saturated carbocycles. The molecule has 0 aliphatic carbocycles. The van der Waals surface area contributed by atoms with Crippen molar-refractivity contribution in [2.75, 3.05) is 21.1 Å². The number of hydrogen-bond acceptors (Lipinski definition) is 3. The molecule has 0 unspecified atom stereocenters. The largest absolute Gasteiger partial charge is 0.352 e. The van der Waals surface area contributed by atoms with Crippen molar-refractivity contribution >= 4 is 5.96 Å². The topological polar surface area (TPSA) is 57.5 Å². The van der Waals surface area contributed by atoms with Crippen LogP contribution in [0.2, 0.25) is 0 Å². The normalized spacial score (nSPS) is 11.8. The van der Waals surface area contributed by atoms with Gasteiger partial charge in [-0.1, -0.05) is 24.3 Å². The zero-order valence-corrected chi connectivity index (χ0v) is 18.9. The standard InChI is InChI=1S/C24H31FN6/c1-17-12-18(2)31(29-17)23-9-7-6-8-20(23)15-28-24(26-3)27-14-19-10-11-22(25)21(13-19)16-30(4)5/h6-13H,14-16H2,1-5H3,(H2,26,27,28). The molecule has 3 rings (SSSR count). The summed E-state index contributed by atoms with van der Waals surface area (Å²) in [7, 11) is 5.60. The molecule has 164 valence electrons. The van der Waals surface area contributed by atoms with Gasteiger partial charge in [0.15, 0.2) is 5.96 Å². The highest BCUT2D eigenvalue weighted by molar-refractivity contribution is 5.79. The van der Waals surface area contributed by atoms with E-state index in [1.54, 1.807) is 13.1 Å². The van der Waals surface area contributed by atoms with Crippen molar-refractivity contribution in [1.29, 1.82) is 0 Å². The molecule has 31 heavy (non-hydrogen) atoms. The molecule has 0 saturated heterocycles. The fourth-order valence-corrected chi connectivity index (χ4v) is 3.52. The fourth-order valence-electron chi connectivity index (χ4n) is 3.52. The average Bonchev–Trinajstić information content (AvgIpc) is 3.08. The fraction of sp³-hybridized carbons (Fsp3) is 0.333. The van der Waals surface area contributed by atoms with Gasteiger partial charge in [0.25, 0.3) is 0 Å². The van der Waals surface area contributed by atoms with Gasteiger partial charge in [-0.05, 0) is 63.3 Å². The Morgan fingerprint density at radius 2 is 1.77 bits per heavy atom. The Bertz CT molecular complexity index is 1050. The lowest BCUT2D eigenvalue weighted by Crippen LogP contribution is -2.36. The summed E-state index contributed by atoms with van der Waals surface area (Å²) >= 11 is 0. The van der Waals surface area contributed by atoms with Gasteiger partial charge in [-0.3, -0.25) is 4.99 Å². The maximum Gasteiger partial charge on any atom is 0.191 e.